The van der Waals surface area contributed by atoms with E-state index in [0.717, 1.165) is 22.7 Å². The Morgan fingerprint density at radius 2 is 0.466 bits per heavy atom. The van der Waals surface area contributed by atoms with E-state index in [0.29, 0.717) is 0 Å². The Kier molecular flexibility index (Phi) is 6.41. The molecule has 4 aromatic heterocycles. The number of para-hydroxylation sites is 6. The average Bonchev–Trinajstić information content (AvgIpc) is 4.01. The van der Waals surface area contributed by atoms with Crippen molar-refractivity contribution in [1.82, 2.24) is 18.3 Å². The van der Waals surface area contributed by atoms with Crippen LogP contribution >= 0.6 is 0 Å². The van der Waals surface area contributed by atoms with Crippen molar-refractivity contribution in [3.63, 3.8) is 0 Å². The molecule has 13 rings (SSSR count). The molecule has 0 saturated carbocycles. The van der Waals surface area contributed by atoms with Gasteiger partial charge in [0.2, 0.25) is 0 Å². The van der Waals surface area contributed by atoms with Crippen LogP contribution in [0.15, 0.2) is 206 Å². The normalized spacial score (nSPS) is 12.1. The highest BCUT2D eigenvalue weighted by molar-refractivity contribution is 6.14. The number of aromatic nitrogens is 4. The average molecular weight is 739 g/mol. The Balaban J connectivity index is 1.05. The second-order valence-electron chi connectivity index (χ2n) is 15.4. The molecule has 4 nitrogen and oxygen atoms in total. The maximum atomic E-state index is 2.46. The zero-order valence-corrected chi connectivity index (χ0v) is 31.4. The molecule has 0 radical (unpaired) electrons. The van der Waals surface area contributed by atoms with Crippen LogP contribution in [-0.2, 0) is 0 Å². The summed E-state index contributed by atoms with van der Waals surface area (Å²) in [5.74, 6) is 0. The molecular weight excluding hydrogens is 705 g/mol. The predicted molar refractivity (Wildman–Crippen MR) is 244 cm³/mol. The highest BCUT2D eigenvalue weighted by Gasteiger charge is 2.20. The molecule has 0 aliphatic carbocycles. The zero-order valence-electron chi connectivity index (χ0n) is 31.4. The number of fused-ring (bicyclic) bond motifs is 12. The summed E-state index contributed by atoms with van der Waals surface area (Å²) in [5.41, 5.74) is 14.1. The smallest absolute Gasteiger partial charge is 0.0561 e. The van der Waals surface area contributed by atoms with Gasteiger partial charge in [0.05, 0.1) is 44.1 Å². The number of rotatable bonds is 4. The third-order valence-corrected chi connectivity index (χ3v) is 12.3. The fourth-order valence-electron chi connectivity index (χ4n) is 9.91. The molecule has 0 N–H and O–H groups in total. The van der Waals surface area contributed by atoms with E-state index in [9.17, 15) is 0 Å². The molecule has 0 saturated heterocycles. The second kappa shape index (κ2) is 11.8. The summed E-state index contributed by atoms with van der Waals surface area (Å²) >= 11 is 0. The van der Waals surface area contributed by atoms with Gasteiger partial charge in [0.25, 0.3) is 0 Å². The summed E-state index contributed by atoms with van der Waals surface area (Å²) in [5, 5.41) is 9.98. The lowest BCUT2D eigenvalue weighted by Crippen LogP contribution is -1.98. The first-order valence-corrected chi connectivity index (χ1v) is 19.9. The molecule has 0 spiro atoms. The van der Waals surface area contributed by atoms with Gasteiger partial charge in [0.15, 0.2) is 0 Å². The van der Waals surface area contributed by atoms with Crippen LogP contribution in [0.2, 0.25) is 0 Å². The van der Waals surface area contributed by atoms with Crippen LogP contribution < -0.4 is 0 Å². The number of hydrogen-bond donors (Lipinski definition) is 0. The Labute approximate surface area is 333 Å². The van der Waals surface area contributed by atoms with Crippen LogP contribution in [-0.4, -0.2) is 18.3 Å². The molecule has 0 atom stereocenters. The molecule has 4 heterocycles. The van der Waals surface area contributed by atoms with Crippen molar-refractivity contribution >= 4 is 87.2 Å². The fraction of sp³-hybridized carbons (Fsp3) is 0. The molecule has 4 heteroatoms. The molecule has 0 aliphatic rings. The van der Waals surface area contributed by atoms with E-state index in [1.807, 2.05) is 0 Å². The van der Waals surface area contributed by atoms with Crippen LogP contribution in [0.25, 0.3) is 110 Å². The minimum absolute atomic E-state index is 1.14. The molecule has 0 aliphatic heterocycles. The van der Waals surface area contributed by atoms with Gasteiger partial charge >= 0.3 is 0 Å². The Hall–Kier alpha value is -7.82. The van der Waals surface area contributed by atoms with Gasteiger partial charge in [-0.05, 0) is 84.9 Å². The lowest BCUT2D eigenvalue weighted by molar-refractivity contribution is 1.15. The van der Waals surface area contributed by atoms with Gasteiger partial charge in [-0.1, -0.05) is 121 Å². The molecular formula is C54H34N4. The van der Waals surface area contributed by atoms with Crippen LogP contribution in [0.3, 0.4) is 0 Å². The number of nitrogens with zero attached hydrogens (tertiary/aromatic N) is 4. The van der Waals surface area contributed by atoms with Crippen molar-refractivity contribution in [1.29, 1.82) is 0 Å². The third kappa shape index (κ3) is 4.29. The summed E-state index contributed by atoms with van der Waals surface area (Å²) in [6.45, 7) is 0. The number of benzene rings is 9. The van der Waals surface area contributed by atoms with Crippen molar-refractivity contribution in [3.05, 3.63) is 206 Å². The summed E-state index contributed by atoms with van der Waals surface area (Å²) in [6.07, 6.45) is 0. The first-order chi connectivity index (χ1) is 28.8. The van der Waals surface area contributed by atoms with Crippen molar-refractivity contribution in [3.8, 4) is 22.7 Å². The second-order valence-corrected chi connectivity index (χ2v) is 15.4. The van der Waals surface area contributed by atoms with Gasteiger partial charge in [0, 0.05) is 65.8 Å². The lowest BCUT2D eigenvalue weighted by atomic mass is 10.1. The van der Waals surface area contributed by atoms with E-state index >= 15 is 0 Å². The van der Waals surface area contributed by atoms with Crippen molar-refractivity contribution in [2.75, 3.05) is 0 Å². The largest absolute Gasteiger partial charge is 0.309 e. The minimum Gasteiger partial charge on any atom is -0.309 e. The molecule has 58 heavy (non-hydrogen) atoms. The fourth-order valence-corrected chi connectivity index (χ4v) is 9.91. The monoisotopic (exact) mass is 738 g/mol. The van der Waals surface area contributed by atoms with Gasteiger partial charge < -0.3 is 18.3 Å². The third-order valence-electron chi connectivity index (χ3n) is 12.3. The topological polar surface area (TPSA) is 19.7 Å². The molecule has 13 aromatic rings. The molecule has 0 unspecified atom stereocenters. The van der Waals surface area contributed by atoms with Crippen LogP contribution in [0.5, 0.6) is 0 Å². The predicted octanol–water partition coefficient (Wildman–Crippen LogP) is 14.1. The summed E-state index contributed by atoms with van der Waals surface area (Å²) in [4.78, 5) is 0. The first-order valence-electron chi connectivity index (χ1n) is 19.9. The van der Waals surface area contributed by atoms with Crippen molar-refractivity contribution in [2.45, 2.75) is 0 Å². The molecule has 0 fully saturated rings. The van der Waals surface area contributed by atoms with Crippen LogP contribution in [0, 0.1) is 0 Å². The van der Waals surface area contributed by atoms with E-state index in [4.69, 9.17) is 0 Å². The van der Waals surface area contributed by atoms with E-state index < -0.39 is 0 Å². The van der Waals surface area contributed by atoms with E-state index in [1.54, 1.807) is 0 Å². The zero-order chi connectivity index (χ0) is 37.9. The van der Waals surface area contributed by atoms with Gasteiger partial charge in [-0.25, -0.2) is 0 Å². The van der Waals surface area contributed by atoms with E-state index in [1.165, 1.54) is 87.2 Å². The first kappa shape index (κ1) is 31.4. The minimum atomic E-state index is 1.14. The van der Waals surface area contributed by atoms with Gasteiger partial charge in [-0.2, -0.15) is 0 Å². The maximum absolute atomic E-state index is 2.46. The molecule has 0 amide bonds. The van der Waals surface area contributed by atoms with Gasteiger partial charge in [-0.15, -0.1) is 0 Å². The quantitative estimate of drug-likeness (QED) is 0.171. The molecule has 9 aromatic carbocycles. The summed E-state index contributed by atoms with van der Waals surface area (Å²) < 4.78 is 9.71. The maximum Gasteiger partial charge on any atom is 0.0561 e. The standard InChI is InChI=1S/C54H34N4/c1-2-14-35(15-3-1)55-47-21-9-6-18-41(47)44-29-27-38(33-53(44)55)57-51-25-13-8-20-43(51)46-32-36(28-31-52(46)57)58-50-24-12-7-19-42(50)45-30-26-37(34-54(45)58)56-48-22-10-4-16-39(48)40-17-5-11-23-49(40)56/h1-34H. The molecule has 270 valence electrons. The van der Waals surface area contributed by atoms with Gasteiger partial charge in [-0.3, -0.25) is 0 Å². The Bertz CT molecular complexity index is 3740. The van der Waals surface area contributed by atoms with Crippen LogP contribution in [0.1, 0.15) is 0 Å². The number of hydrogen-bond acceptors (Lipinski definition) is 0. The van der Waals surface area contributed by atoms with Crippen molar-refractivity contribution in [2.24, 2.45) is 0 Å². The Morgan fingerprint density at radius 1 is 0.172 bits per heavy atom. The highest BCUT2D eigenvalue weighted by atomic mass is 15.0. The summed E-state index contributed by atoms with van der Waals surface area (Å²) in [6, 6.07) is 75.5. The van der Waals surface area contributed by atoms with Crippen LogP contribution in [0.4, 0.5) is 0 Å². The SMILES string of the molecule is c1ccc(-n2c3ccccc3c3ccc(-n4c5ccccc5c5cc(-n6c7ccccc7c7ccc(-n8c9ccccc9c9ccccc98)cc76)ccc54)cc32)cc1. The lowest BCUT2D eigenvalue weighted by Gasteiger charge is -2.13. The highest BCUT2D eigenvalue weighted by Crippen LogP contribution is 2.40. The molecule has 0 bridgehead atoms. The van der Waals surface area contributed by atoms with E-state index in [-0.39, 0.29) is 0 Å². The van der Waals surface area contributed by atoms with Crippen molar-refractivity contribution < 1.29 is 0 Å². The van der Waals surface area contributed by atoms with E-state index in [2.05, 4.69) is 225 Å². The van der Waals surface area contributed by atoms with Gasteiger partial charge in [0.1, 0.15) is 0 Å². The Morgan fingerprint density at radius 3 is 0.914 bits per heavy atom. The summed E-state index contributed by atoms with van der Waals surface area (Å²) in [7, 11) is 0.